The van der Waals surface area contributed by atoms with E-state index in [9.17, 15) is 9.90 Å². The van der Waals surface area contributed by atoms with E-state index < -0.39 is 0 Å². The molecule has 6 heteroatoms. The van der Waals surface area contributed by atoms with Crippen molar-refractivity contribution in [3.8, 4) is 0 Å². The minimum atomic E-state index is -0.0752. The third-order valence-corrected chi connectivity index (χ3v) is 5.84. The van der Waals surface area contributed by atoms with Crippen LogP contribution >= 0.6 is 11.3 Å². The van der Waals surface area contributed by atoms with Crippen LogP contribution in [-0.4, -0.2) is 39.1 Å². The summed E-state index contributed by atoms with van der Waals surface area (Å²) < 4.78 is 1.62. The molecule has 3 heterocycles. The van der Waals surface area contributed by atoms with Crippen LogP contribution in [0.15, 0.2) is 28.7 Å². The van der Waals surface area contributed by atoms with Gasteiger partial charge in [0.15, 0.2) is 4.96 Å². The first kappa shape index (κ1) is 18.3. The lowest BCUT2D eigenvalue weighted by molar-refractivity contribution is 0.0302. The van der Waals surface area contributed by atoms with Crippen molar-refractivity contribution in [3.05, 3.63) is 44.8 Å². The van der Waals surface area contributed by atoms with E-state index in [1.54, 1.807) is 21.8 Å². The van der Waals surface area contributed by atoms with Gasteiger partial charge in [0.05, 0.1) is 12.3 Å². The number of piperidine rings is 1. The van der Waals surface area contributed by atoms with Crippen LogP contribution in [0, 0.1) is 12.3 Å². The molecule has 136 valence electrons. The number of hydrogen-bond acceptors (Lipinski definition) is 5. The zero-order valence-electron chi connectivity index (χ0n) is 15.3. The summed E-state index contributed by atoms with van der Waals surface area (Å²) in [5, 5.41) is 10.0. The first-order valence-corrected chi connectivity index (χ1v) is 9.68. The lowest BCUT2D eigenvalue weighted by atomic mass is 9.77. The normalized spacial score (nSPS) is 21.6. The van der Waals surface area contributed by atoms with Gasteiger partial charge in [0.2, 0.25) is 0 Å². The van der Waals surface area contributed by atoms with E-state index >= 15 is 0 Å². The molecule has 25 heavy (non-hydrogen) atoms. The highest BCUT2D eigenvalue weighted by molar-refractivity contribution is 7.16. The topological polar surface area (TPSA) is 57.8 Å². The molecule has 1 fully saturated rings. The van der Waals surface area contributed by atoms with Gasteiger partial charge in [-0.1, -0.05) is 11.6 Å². The fraction of sp³-hybridized carbons (Fsp3) is 0.579. The highest BCUT2D eigenvalue weighted by Gasteiger charge is 2.34. The van der Waals surface area contributed by atoms with Crippen LogP contribution in [0.25, 0.3) is 4.96 Å². The molecule has 0 amide bonds. The zero-order chi connectivity index (χ0) is 18.0. The van der Waals surface area contributed by atoms with Crippen LogP contribution in [0.4, 0.5) is 0 Å². The Bertz CT molecular complexity index is 835. The van der Waals surface area contributed by atoms with Gasteiger partial charge in [-0.15, -0.1) is 11.3 Å². The third-order valence-electron chi connectivity index (χ3n) is 4.94. The maximum absolute atomic E-state index is 12.3. The summed E-state index contributed by atoms with van der Waals surface area (Å²) in [6.07, 6.45) is 7.09. The van der Waals surface area contributed by atoms with E-state index in [2.05, 4.69) is 29.8 Å². The Balaban J connectivity index is 1.78. The van der Waals surface area contributed by atoms with Crippen LogP contribution in [0.5, 0.6) is 0 Å². The van der Waals surface area contributed by atoms with Crippen molar-refractivity contribution in [2.75, 3.05) is 19.7 Å². The summed E-state index contributed by atoms with van der Waals surface area (Å²) in [6.45, 7) is 8.88. The van der Waals surface area contributed by atoms with Gasteiger partial charge in [-0.3, -0.25) is 14.1 Å². The minimum Gasteiger partial charge on any atom is -0.396 e. The van der Waals surface area contributed by atoms with Gasteiger partial charge in [0.25, 0.3) is 5.56 Å². The van der Waals surface area contributed by atoms with Crippen molar-refractivity contribution in [1.82, 2.24) is 14.3 Å². The number of aryl methyl sites for hydroxylation is 1. The Hall–Kier alpha value is -1.50. The lowest BCUT2D eigenvalue weighted by Crippen LogP contribution is -2.45. The second-order valence-electron chi connectivity index (χ2n) is 7.54. The highest BCUT2D eigenvalue weighted by atomic mass is 32.1. The minimum absolute atomic E-state index is 0.0145. The van der Waals surface area contributed by atoms with E-state index in [0.717, 1.165) is 47.9 Å². The van der Waals surface area contributed by atoms with Gasteiger partial charge >= 0.3 is 0 Å². The summed E-state index contributed by atoms with van der Waals surface area (Å²) in [7, 11) is 0. The fourth-order valence-corrected chi connectivity index (χ4v) is 4.44. The number of aliphatic hydroxyl groups excluding tert-OH is 1. The second kappa shape index (κ2) is 7.40. The lowest BCUT2D eigenvalue weighted by Gasteiger charge is -2.41. The van der Waals surface area contributed by atoms with Crippen LogP contribution < -0.4 is 5.56 Å². The molecule has 0 spiro atoms. The summed E-state index contributed by atoms with van der Waals surface area (Å²) in [6, 6.07) is 1.64. The predicted molar refractivity (Wildman–Crippen MR) is 102 cm³/mol. The Morgan fingerprint density at radius 1 is 1.48 bits per heavy atom. The molecule has 0 aromatic carbocycles. The first-order valence-electron chi connectivity index (χ1n) is 8.86. The monoisotopic (exact) mass is 361 g/mol. The van der Waals surface area contributed by atoms with Crippen molar-refractivity contribution in [2.24, 2.45) is 5.41 Å². The maximum atomic E-state index is 12.3. The molecule has 1 aliphatic heterocycles. The third kappa shape index (κ3) is 4.19. The van der Waals surface area contributed by atoms with Gasteiger partial charge in [-0.25, -0.2) is 4.98 Å². The van der Waals surface area contributed by atoms with Gasteiger partial charge in [-0.05, 0) is 46.6 Å². The van der Waals surface area contributed by atoms with Crippen molar-refractivity contribution in [3.63, 3.8) is 0 Å². The fourth-order valence-electron chi connectivity index (χ4n) is 3.59. The average Bonchev–Trinajstić information content (AvgIpc) is 2.94. The van der Waals surface area contributed by atoms with E-state index in [4.69, 9.17) is 0 Å². The van der Waals surface area contributed by atoms with Crippen LogP contribution in [0.1, 0.15) is 43.7 Å². The molecule has 3 rings (SSSR count). The van der Waals surface area contributed by atoms with Gasteiger partial charge in [0, 0.05) is 35.6 Å². The largest absolute Gasteiger partial charge is 0.396 e. The number of thiazole rings is 1. The first-order chi connectivity index (χ1) is 11.9. The molecule has 2 aromatic rings. The number of allylic oxidation sites excluding steroid dienone is 2. The second-order valence-corrected chi connectivity index (χ2v) is 8.75. The molecular formula is C19H27N3O2S. The van der Waals surface area contributed by atoms with E-state index in [-0.39, 0.29) is 17.6 Å². The quantitative estimate of drug-likeness (QED) is 0.832. The molecule has 1 aliphatic rings. The predicted octanol–water partition coefficient (Wildman–Crippen LogP) is 3.00. The Morgan fingerprint density at radius 2 is 2.28 bits per heavy atom. The van der Waals surface area contributed by atoms with Crippen molar-refractivity contribution in [1.29, 1.82) is 0 Å². The summed E-state index contributed by atoms with van der Waals surface area (Å²) >= 11 is 1.54. The van der Waals surface area contributed by atoms with Gasteiger partial charge < -0.3 is 5.11 Å². The smallest absolute Gasteiger partial charge is 0.258 e. The number of rotatable bonds is 5. The SMILES string of the molecule is CC(C)=CC[C@@]1(CO)CCCN(Cc2cc(=O)n3cc(C)sc3n2)C1. The summed E-state index contributed by atoms with van der Waals surface area (Å²) in [5.41, 5.74) is 2.02. The number of hydrogen-bond donors (Lipinski definition) is 1. The molecule has 1 saturated heterocycles. The molecule has 0 unspecified atom stereocenters. The Labute approximate surface area is 152 Å². The number of fused-ring (bicyclic) bond motifs is 1. The average molecular weight is 362 g/mol. The number of nitrogens with zero attached hydrogens (tertiary/aromatic N) is 3. The highest BCUT2D eigenvalue weighted by Crippen LogP contribution is 2.34. The number of likely N-dealkylation sites (tertiary alicyclic amines) is 1. The van der Waals surface area contributed by atoms with Crippen LogP contribution in [-0.2, 0) is 6.54 Å². The maximum Gasteiger partial charge on any atom is 0.258 e. The molecule has 1 N–H and O–H groups in total. The van der Waals surface area contributed by atoms with E-state index in [0.29, 0.717) is 6.54 Å². The molecule has 2 aromatic heterocycles. The van der Waals surface area contributed by atoms with Crippen LogP contribution in [0.2, 0.25) is 0 Å². The zero-order valence-corrected chi connectivity index (χ0v) is 16.1. The van der Waals surface area contributed by atoms with Gasteiger partial charge in [-0.2, -0.15) is 0 Å². The van der Waals surface area contributed by atoms with Crippen molar-refractivity contribution >= 4 is 16.3 Å². The van der Waals surface area contributed by atoms with Crippen molar-refractivity contribution in [2.45, 2.75) is 46.6 Å². The Morgan fingerprint density at radius 3 is 3.00 bits per heavy atom. The van der Waals surface area contributed by atoms with E-state index in [1.165, 1.54) is 5.57 Å². The molecular weight excluding hydrogens is 334 g/mol. The molecule has 0 saturated carbocycles. The van der Waals surface area contributed by atoms with Crippen LogP contribution in [0.3, 0.4) is 0 Å². The van der Waals surface area contributed by atoms with E-state index in [1.807, 2.05) is 13.1 Å². The molecule has 0 bridgehead atoms. The molecule has 0 radical (unpaired) electrons. The van der Waals surface area contributed by atoms with Gasteiger partial charge in [0.1, 0.15) is 0 Å². The van der Waals surface area contributed by atoms with Crippen molar-refractivity contribution < 1.29 is 5.11 Å². The molecule has 1 atom stereocenters. The summed E-state index contributed by atoms with van der Waals surface area (Å²) in [5.74, 6) is 0. The Kier molecular flexibility index (Phi) is 5.41. The molecule has 5 nitrogen and oxygen atoms in total. The standard InChI is InChI=1S/C19H27N3O2S/c1-14(2)5-7-19(13-23)6-4-8-21(12-19)11-16-9-17(24)22-10-15(3)25-18(22)20-16/h5,9-10,23H,4,6-8,11-13H2,1-3H3/t19-/m0/s1. The number of aromatic nitrogens is 2. The summed E-state index contributed by atoms with van der Waals surface area (Å²) in [4.78, 5) is 21.1. The molecule has 0 aliphatic carbocycles. The number of aliphatic hydroxyl groups is 1.